The number of phenolic OH excluding ortho intramolecular Hbond substituents is 1. The Balaban J connectivity index is 1.80. The Kier molecular flexibility index (Phi) is 5.60. The number of hydrogen-bond acceptors (Lipinski definition) is 6. The molecule has 3 rings (SSSR count). The zero-order valence-electron chi connectivity index (χ0n) is 15.6. The van der Waals surface area contributed by atoms with E-state index in [0.717, 1.165) is 6.07 Å². The summed E-state index contributed by atoms with van der Waals surface area (Å²) in [5, 5.41) is 21.4. The summed E-state index contributed by atoms with van der Waals surface area (Å²) in [6.07, 6.45) is -1.29. The van der Waals surface area contributed by atoms with Crippen LogP contribution < -0.4 is 14.8 Å². The Morgan fingerprint density at radius 3 is 2.71 bits per heavy atom. The van der Waals surface area contributed by atoms with Crippen LogP contribution in [0.3, 0.4) is 0 Å². The van der Waals surface area contributed by atoms with Crippen molar-refractivity contribution < 1.29 is 33.6 Å². The fourth-order valence-electron chi connectivity index (χ4n) is 3.01. The Labute approximate surface area is 161 Å². The van der Waals surface area contributed by atoms with Crippen LogP contribution in [-0.2, 0) is 4.74 Å². The molecule has 150 valence electrons. The number of amides is 1. The van der Waals surface area contributed by atoms with E-state index >= 15 is 0 Å². The molecule has 28 heavy (non-hydrogen) atoms. The molecule has 0 unspecified atom stereocenters. The lowest BCUT2D eigenvalue weighted by atomic mass is 9.80. The molecule has 7 nitrogen and oxygen atoms in total. The van der Waals surface area contributed by atoms with Crippen molar-refractivity contribution in [1.82, 2.24) is 0 Å². The number of phenols is 1. The molecule has 2 aromatic rings. The number of nitrogens with one attached hydrogen (secondary N) is 1. The highest BCUT2D eigenvalue weighted by molar-refractivity contribution is 5.85. The molecule has 0 aromatic heterocycles. The molecule has 1 atom stereocenters. The minimum absolute atomic E-state index is 0.118. The van der Waals surface area contributed by atoms with Gasteiger partial charge in [-0.05, 0) is 36.2 Å². The van der Waals surface area contributed by atoms with E-state index in [4.69, 9.17) is 14.2 Å². The topological polar surface area (TPSA) is 97.3 Å². The molecule has 2 aromatic carbocycles. The molecule has 1 aliphatic rings. The molecule has 0 bridgehead atoms. The van der Waals surface area contributed by atoms with Crippen LogP contribution in [0.15, 0.2) is 36.4 Å². The maximum Gasteiger partial charge on any atom is 0.412 e. The van der Waals surface area contributed by atoms with E-state index in [-0.39, 0.29) is 13.4 Å². The Morgan fingerprint density at radius 2 is 2.00 bits per heavy atom. The number of aromatic hydroxyl groups is 1. The third-order valence-electron chi connectivity index (χ3n) is 4.58. The van der Waals surface area contributed by atoms with Gasteiger partial charge in [-0.3, -0.25) is 5.32 Å². The number of fused-ring (bicyclic) bond motifs is 1. The predicted octanol–water partition coefficient (Wildman–Crippen LogP) is 3.96. The summed E-state index contributed by atoms with van der Waals surface area (Å²) in [6.45, 7) is 3.59. The lowest BCUT2D eigenvalue weighted by Gasteiger charge is -2.33. The van der Waals surface area contributed by atoms with Gasteiger partial charge in [-0.15, -0.1) is 0 Å². The fraction of sp³-hybridized carbons (Fsp3) is 0.350. The van der Waals surface area contributed by atoms with Crippen LogP contribution in [0.4, 0.5) is 14.9 Å². The first-order valence-corrected chi connectivity index (χ1v) is 8.77. The van der Waals surface area contributed by atoms with Gasteiger partial charge in [0.15, 0.2) is 23.1 Å². The minimum Gasteiger partial charge on any atom is -0.505 e. The van der Waals surface area contributed by atoms with Gasteiger partial charge in [0.05, 0.1) is 0 Å². The average molecular weight is 391 g/mol. The van der Waals surface area contributed by atoms with E-state index < -0.39 is 29.2 Å². The van der Waals surface area contributed by atoms with Crippen molar-refractivity contribution in [3.63, 3.8) is 0 Å². The molecular weight excluding hydrogens is 369 g/mol. The molecule has 1 amide bonds. The van der Waals surface area contributed by atoms with Gasteiger partial charge in [0, 0.05) is 23.8 Å². The van der Waals surface area contributed by atoms with E-state index in [1.807, 2.05) is 0 Å². The lowest BCUT2D eigenvalue weighted by Crippen LogP contribution is -2.29. The molecule has 8 heteroatoms. The average Bonchev–Trinajstić information content (AvgIpc) is 3.10. The summed E-state index contributed by atoms with van der Waals surface area (Å²) >= 11 is 0. The third-order valence-corrected chi connectivity index (χ3v) is 4.58. The molecule has 1 aliphatic heterocycles. The van der Waals surface area contributed by atoms with Gasteiger partial charge in [0.2, 0.25) is 6.79 Å². The van der Waals surface area contributed by atoms with Crippen LogP contribution in [-0.4, -0.2) is 29.7 Å². The monoisotopic (exact) mass is 391 g/mol. The summed E-state index contributed by atoms with van der Waals surface area (Å²) in [6, 6.07) is 8.72. The number of anilines is 1. The Bertz CT molecular complexity index is 870. The maximum absolute atomic E-state index is 13.8. The normalized spacial score (nSPS) is 13.9. The number of aliphatic hydroxyl groups excluding tert-OH is 1. The van der Waals surface area contributed by atoms with E-state index in [1.165, 1.54) is 12.1 Å². The molecule has 0 fully saturated rings. The van der Waals surface area contributed by atoms with Crippen molar-refractivity contribution in [3.05, 3.63) is 47.8 Å². The largest absolute Gasteiger partial charge is 0.505 e. The first-order chi connectivity index (χ1) is 13.3. The minimum atomic E-state index is -0.858. The SMILES string of the molecule is CC(C)(CCO)[C@@H](OC(=O)Nc1ccc2c(c1)OCO2)c1ccc(O)c(F)c1. The van der Waals surface area contributed by atoms with Gasteiger partial charge in [-0.1, -0.05) is 19.9 Å². The van der Waals surface area contributed by atoms with Gasteiger partial charge in [-0.2, -0.15) is 0 Å². The number of halogens is 1. The van der Waals surface area contributed by atoms with Gasteiger partial charge in [0.25, 0.3) is 0 Å². The highest BCUT2D eigenvalue weighted by Gasteiger charge is 2.34. The zero-order chi connectivity index (χ0) is 20.3. The number of carbonyl (C=O) groups excluding carboxylic acids is 1. The quantitative estimate of drug-likeness (QED) is 0.690. The van der Waals surface area contributed by atoms with Crippen LogP contribution in [0.2, 0.25) is 0 Å². The van der Waals surface area contributed by atoms with Crippen LogP contribution in [0.25, 0.3) is 0 Å². The summed E-state index contributed by atoms with van der Waals surface area (Å²) in [7, 11) is 0. The second-order valence-electron chi connectivity index (χ2n) is 7.15. The molecule has 1 heterocycles. The maximum atomic E-state index is 13.8. The van der Waals surface area contributed by atoms with Crippen molar-refractivity contribution in [3.8, 4) is 17.2 Å². The second kappa shape index (κ2) is 7.93. The van der Waals surface area contributed by atoms with E-state index in [0.29, 0.717) is 29.2 Å². The van der Waals surface area contributed by atoms with E-state index in [1.54, 1.807) is 32.0 Å². The van der Waals surface area contributed by atoms with Gasteiger partial charge < -0.3 is 24.4 Å². The summed E-state index contributed by atoms with van der Waals surface area (Å²) < 4.78 is 29.9. The molecule has 0 radical (unpaired) electrons. The van der Waals surface area contributed by atoms with Gasteiger partial charge >= 0.3 is 6.09 Å². The Hall–Kier alpha value is -3.00. The van der Waals surface area contributed by atoms with Crippen LogP contribution >= 0.6 is 0 Å². The number of aliphatic hydroxyl groups is 1. The number of ether oxygens (including phenoxy) is 3. The fourth-order valence-corrected chi connectivity index (χ4v) is 3.01. The van der Waals surface area contributed by atoms with Crippen molar-refractivity contribution in [2.75, 3.05) is 18.7 Å². The number of rotatable bonds is 6. The standard InChI is InChI=1S/C20H22FNO6/c1-20(2,7-8-23)18(12-3-5-15(24)14(21)9-12)28-19(25)22-13-4-6-16-17(10-13)27-11-26-16/h3-6,9-10,18,23-24H,7-8,11H2,1-2H3,(H,22,25)/t18-/m0/s1. The lowest BCUT2D eigenvalue weighted by molar-refractivity contribution is 0.0150. The van der Waals surface area contributed by atoms with Crippen molar-refractivity contribution in [2.24, 2.45) is 5.41 Å². The smallest absolute Gasteiger partial charge is 0.412 e. The van der Waals surface area contributed by atoms with Crippen LogP contribution in [0.5, 0.6) is 17.2 Å². The van der Waals surface area contributed by atoms with Gasteiger partial charge in [-0.25, -0.2) is 9.18 Å². The molecule has 0 aliphatic carbocycles. The predicted molar refractivity (Wildman–Crippen MR) is 99.0 cm³/mol. The van der Waals surface area contributed by atoms with Crippen molar-refractivity contribution >= 4 is 11.8 Å². The molecular formula is C20H22FNO6. The van der Waals surface area contributed by atoms with Crippen LogP contribution in [0.1, 0.15) is 31.9 Å². The summed E-state index contributed by atoms with van der Waals surface area (Å²) in [5.74, 6) is -0.217. The highest BCUT2D eigenvalue weighted by atomic mass is 19.1. The summed E-state index contributed by atoms with van der Waals surface area (Å²) in [4.78, 5) is 12.5. The molecule has 0 spiro atoms. The van der Waals surface area contributed by atoms with Gasteiger partial charge in [0.1, 0.15) is 6.10 Å². The van der Waals surface area contributed by atoms with E-state index in [9.17, 15) is 19.4 Å². The summed E-state index contributed by atoms with van der Waals surface area (Å²) in [5.41, 5.74) is 0.129. The second-order valence-corrected chi connectivity index (χ2v) is 7.15. The molecule has 3 N–H and O–H groups in total. The van der Waals surface area contributed by atoms with Crippen molar-refractivity contribution in [2.45, 2.75) is 26.4 Å². The zero-order valence-corrected chi connectivity index (χ0v) is 15.6. The van der Waals surface area contributed by atoms with Crippen molar-refractivity contribution in [1.29, 1.82) is 0 Å². The number of carbonyl (C=O) groups is 1. The Morgan fingerprint density at radius 1 is 1.25 bits per heavy atom. The highest BCUT2D eigenvalue weighted by Crippen LogP contribution is 2.41. The first-order valence-electron chi connectivity index (χ1n) is 8.77. The third kappa shape index (κ3) is 4.28. The number of benzene rings is 2. The molecule has 0 saturated carbocycles. The molecule has 0 saturated heterocycles. The van der Waals surface area contributed by atoms with E-state index in [2.05, 4.69) is 5.32 Å². The number of hydrogen-bond donors (Lipinski definition) is 3. The first kappa shape index (κ1) is 19.8. The van der Waals surface area contributed by atoms with Crippen LogP contribution in [0, 0.1) is 11.2 Å².